The number of aryl methyl sites for hydroxylation is 1. The molecule has 6 nitrogen and oxygen atoms in total. The van der Waals surface area contributed by atoms with Crippen LogP contribution in [0.2, 0.25) is 10.0 Å². The average molecular weight is 585 g/mol. The highest BCUT2D eigenvalue weighted by Gasteiger charge is 2.15. The molecule has 1 heterocycles. The van der Waals surface area contributed by atoms with Crippen LogP contribution in [0, 0.1) is 6.92 Å². The first-order valence-corrected chi connectivity index (χ1v) is 13.8. The number of nitrogens with one attached hydrogen (secondary N) is 1. The highest BCUT2D eigenvalue weighted by Crippen LogP contribution is 2.33. The van der Waals surface area contributed by atoms with Gasteiger partial charge in [-0.25, -0.2) is 0 Å². The van der Waals surface area contributed by atoms with Gasteiger partial charge in [0, 0.05) is 33.3 Å². The largest absolute Gasteiger partial charge is 0.481 e. The molecule has 0 aliphatic heterocycles. The number of rotatable bonds is 9. The number of hydrogen-bond donors (Lipinski definition) is 2. The Balaban J connectivity index is 1.49. The fraction of sp³-hybridized carbons (Fsp3) is 0.121. The van der Waals surface area contributed by atoms with E-state index >= 15 is 0 Å². The number of aromatic nitrogens is 2. The Morgan fingerprint density at radius 2 is 1.54 bits per heavy atom. The van der Waals surface area contributed by atoms with Crippen LogP contribution in [0.4, 0.5) is 0 Å². The molecule has 0 fully saturated rings. The van der Waals surface area contributed by atoms with E-state index in [4.69, 9.17) is 33.4 Å². The van der Waals surface area contributed by atoms with Crippen LogP contribution in [-0.4, -0.2) is 33.3 Å². The van der Waals surface area contributed by atoms with E-state index in [-0.39, 0.29) is 18.9 Å². The Hall–Kier alpha value is -4.39. The van der Waals surface area contributed by atoms with Crippen molar-refractivity contribution >= 4 is 35.1 Å². The molecule has 1 amide bonds. The average Bonchev–Trinajstić information content (AvgIpc) is 3.37. The van der Waals surface area contributed by atoms with Crippen molar-refractivity contribution in [3.63, 3.8) is 0 Å². The molecule has 0 spiro atoms. The maximum atomic E-state index is 12.4. The van der Waals surface area contributed by atoms with Gasteiger partial charge in [0.15, 0.2) is 0 Å². The minimum absolute atomic E-state index is 0.0738. The Bertz CT molecular complexity index is 1710. The number of halogens is 2. The molecular weight excluding hydrogens is 557 g/mol. The third-order valence-corrected chi connectivity index (χ3v) is 7.16. The summed E-state index contributed by atoms with van der Waals surface area (Å²) in [6.07, 6.45) is -0.128. The van der Waals surface area contributed by atoms with E-state index in [0.29, 0.717) is 22.2 Å². The maximum absolute atomic E-state index is 12.4. The van der Waals surface area contributed by atoms with E-state index in [9.17, 15) is 9.59 Å². The van der Waals surface area contributed by atoms with Crippen molar-refractivity contribution in [3.05, 3.63) is 124 Å². The van der Waals surface area contributed by atoms with Crippen molar-refractivity contribution in [1.82, 2.24) is 15.1 Å². The molecule has 41 heavy (non-hydrogen) atoms. The molecule has 0 aliphatic carbocycles. The fourth-order valence-electron chi connectivity index (χ4n) is 4.67. The molecule has 0 bridgehead atoms. The van der Waals surface area contributed by atoms with Crippen LogP contribution >= 0.6 is 23.2 Å². The summed E-state index contributed by atoms with van der Waals surface area (Å²) in [5.74, 6) is -1.27. The molecule has 5 rings (SSSR count). The van der Waals surface area contributed by atoms with Crippen LogP contribution in [0.3, 0.4) is 0 Å². The zero-order valence-electron chi connectivity index (χ0n) is 22.3. The number of carboxylic acid groups (broad SMARTS) is 1. The van der Waals surface area contributed by atoms with Crippen LogP contribution in [0.15, 0.2) is 97.1 Å². The van der Waals surface area contributed by atoms with Gasteiger partial charge >= 0.3 is 5.97 Å². The van der Waals surface area contributed by atoms with Crippen LogP contribution in [0.1, 0.15) is 27.9 Å². The number of carbonyl (C=O) groups is 2. The fourth-order valence-corrected chi connectivity index (χ4v) is 5.20. The van der Waals surface area contributed by atoms with Crippen molar-refractivity contribution < 1.29 is 14.7 Å². The molecular formula is C33H27Cl2N3O3. The van der Waals surface area contributed by atoms with Gasteiger partial charge in [0.25, 0.3) is 5.91 Å². The molecule has 0 saturated carbocycles. The first-order valence-electron chi connectivity index (χ1n) is 13.1. The van der Waals surface area contributed by atoms with E-state index in [1.165, 1.54) is 11.1 Å². The van der Waals surface area contributed by atoms with E-state index in [0.717, 1.165) is 33.6 Å². The summed E-state index contributed by atoms with van der Waals surface area (Å²) < 4.78 is 1.93. The van der Waals surface area contributed by atoms with Crippen molar-refractivity contribution in [3.8, 4) is 33.6 Å². The highest BCUT2D eigenvalue weighted by atomic mass is 35.5. The van der Waals surface area contributed by atoms with Gasteiger partial charge in [-0.3, -0.25) is 14.3 Å². The monoisotopic (exact) mass is 583 g/mol. The van der Waals surface area contributed by atoms with Gasteiger partial charge in [0.05, 0.1) is 24.4 Å². The first-order chi connectivity index (χ1) is 19.8. The van der Waals surface area contributed by atoms with Crippen LogP contribution in [0.25, 0.3) is 33.6 Å². The third kappa shape index (κ3) is 6.85. The molecule has 206 valence electrons. The smallest absolute Gasteiger partial charge is 0.305 e. The molecule has 4 aromatic carbocycles. The lowest BCUT2D eigenvalue weighted by Gasteiger charge is -2.11. The Kier molecular flexibility index (Phi) is 8.53. The molecule has 0 saturated heterocycles. The topological polar surface area (TPSA) is 84.2 Å². The summed E-state index contributed by atoms with van der Waals surface area (Å²) in [5, 5.41) is 17.4. The molecule has 0 unspecified atom stereocenters. The number of carboxylic acids is 1. The minimum Gasteiger partial charge on any atom is -0.481 e. The van der Waals surface area contributed by atoms with Gasteiger partial charge in [0.2, 0.25) is 0 Å². The Morgan fingerprint density at radius 3 is 2.24 bits per heavy atom. The number of benzene rings is 4. The zero-order chi connectivity index (χ0) is 28.9. The lowest BCUT2D eigenvalue weighted by Crippen LogP contribution is -2.25. The third-order valence-electron chi connectivity index (χ3n) is 6.73. The van der Waals surface area contributed by atoms with E-state index in [1.807, 2.05) is 53.2 Å². The predicted molar refractivity (Wildman–Crippen MR) is 163 cm³/mol. The summed E-state index contributed by atoms with van der Waals surface area (Å²) in [5.41, 5.74) is 8.35. The minimum atomic E-state index is -0.959. The Morgan fingerprint density at radius 1 is 0.829 bits per heavy atom. The summed E-state index contributed by atoms with van der Waals surface area (Å²) in [7, 11) is 0. The lowest BCUT2D eigenvalue weighted by atomic mass is 9.98. The first kappa shape index (κ1) is 28.1. The van der Waals surface area contributed by atoms with Crippen LogP contribution < -0.4 is 5.32 Å². The SMILES string of the molecule is Cc1ccccc1-c1cccc(-c2cc(-c3cc(Cl)cc(Cl)c3)nn2Cc2ccc(C(=O)NCCC(=O)O)cc2)c1. The van der Waals surface area contributed by atoms with Crippen molar-refractivity contribution in [2.75, 3.05) is 6.54 Å². The van der Waals surface area contributed by atoms with Crippen molar-refractivity contribution in [2.45, 2.75) is 19.9 Å². The van der Waals surface area contributed by atoms with Gasteiger partial charge in [-0.05, 0) is 71.6 Å². The number of amides is 1. The van der Waals surface area contributed by atoms with Crippen LogP contribution in [-0.2, 0) is 11.3 Å². The summed E-state index contributed by atoms with van der Waals surface area (Å²) in [4.78, 5) is 23.1. The van der Waals surface area contributed by atoms with Gasteiger partial charge in [-0.2, -0.15) is 5.10 Å². The van der Waals surface area contributed by atoms with Gasteiger partial charge in [-0.15, -0.1) is 0 Å². The predicted octanol–water partition coefficient (Wildman–Crippen LogP) is 7.75. The van der Waals surface area contributed by atoms with Gasteiger partial charge in [0.1, 0.15) is 0 Å². The van der Waals surface area contributed by atoms with Crippen molar-refractivity contribution in [2.24, 2.45) is 0 Å². The summed E-state index contributed by atoms with van der Waals surface area (Å²) >= 11 is 12.6. The molecule has 8 heteroatoms. The summed E-state index contributed by atoms with van der Waals surface area (Å²) in [6, 6.07) is 31.3. The highest BCUT2D eigenvalue weighted by molar-refractivity contribution is 6.35. The second kappa shape index (κ2) is 12.4. The summed E-state index contributed by atoms with van der Waals surface area (Å²) in [6.45, 7) is 2.63. The van der Waals surface area contributed by atoms with Crippen LogP contribution in [0.5, 0.6) is 0 Å². The molecule has 0 atom stereocenters. The molecule has 0 radical (unpaired) electrons. The molecule has 5 aromatic rings. The molecule has 0 aliphatic rings. The zero-order valence-corrected chi connectivity index (χ0v) is 23.8. The lowest BCUT2D eigenvalue weighted by molar-refractivity contribution is -0.136. The standard InChI is InChI=1S/C33H27Cl2N3O3/c1-21-5-2-3-8-29(21)24-6-4-7-25(15-24)31-19-30(26-16-27(34)18-28(35)17-26)37-38(31)20-22-9-11-23(12-10-22)33(41)36-14-13-32(39)40/h2-12,15-19H,13-14,20H2,1H3,(H,36,41)(H,39,40). The van der Waals surface area contributed by atoms with Gasteiger partial charge in [-0.1, -0.05) is 77.8 Å². The molecule has 1 aromatic heterocycles. The second-order valence-corrected chi connectivity index (χ2v) is 10.6. The normalized spacial score (nSPS) is 10.9. The van der Waals surface area contributed by atoms with E-state index in [1.54, 1.807) is 18.2 Å². The number of aliphatic carboxylic acids is 1. The number of carbonyl (C=O) groups excluding carboxylic acids is 1. The van der Waals surface area contributed by atoms with E-state index in [2.05, 4.69) is 42.6 Å². The van der Waals surface area contributed by atoms with Gasteiger partial charge < -0.3 is 10.4 Å². The Labute approximate surface area is 248 Å². The number of hydrogen-bond acceptors (Lipinski definition) is 3. The van der Waals surface area contributed by atoms with E-state index < -0.39 is 5.97 Å². The maximum Gasteiger partial charge on any atom is 0.305 e. The molecule has 2 N–H and O–H groups in total. The second-order valence-electron chi connectivity index (χ2n) is 9.72. The van der Waals surface area contributed by atoms with Crippen molar-refractivity contribution in [1.29, 1.82) is 0 Å². The quantitative estimate of drug-likeness (QED) is 0.186. The number of nitrogens with zero attached hydrogens (tertiary/aromatic N) is 2.